The third-order valence-electron chi connectivity index (χ3n) is 5.21. The highest BCUT2D eigenvalue weighted by Crippen LogP contribution is 2.31. The number of pyridine rings is 1. The number of hydrogen-bond donors (Lipinski definition) is 1. The van der Waals surface area contributed by atoms with Gasteiger partial charge in [0.25, 0.3) is 0 Å². The van der Waals surface area contributed by atoms with Crippen LogP contribution in [-0.4, -0.2) is 28.8 Å². The number of aromatic nitrogens is 1. The molecule has 0 aliphatic rings. The molecule has 4 aromatic rings. The first-order valence-corrected chi connectivity index (χ1v) is 8.70. The van der Waals surface area contributed by atoms with Crippen molar-refractivity contribution in [1.29, 1.82) is 0 Å². The molecule has 0 unspecified atom stereocenters. The van der Waals surface area contributed by atoms with E-state index in [1.165, 1.54) is 0 Å². The number of benzene rings is 2. The summed E-state index contributed by atoms with van der Waals surface area (Å²) in [6.07, 6.45) is 1.87. The second kappa shape index (κ2) is 5.83. The van der Waals surface area contributed by atoms with Crippen molar-refractivity contribution in [2.24, 2.45) is 0 Å². The van der Waals surface area contributed by atoms with Gasteiger partial charge in [-0.2, -0.15) is 0 Å². The van der Waals surface area contributed by atoms with Crippen molar-refractivity contribution in [2.45, 2.75) is 38.9 Å². The van der Waals surface area contributed by atoms with Gasteiger partial charge >= 0.3 is 7.48 Å². The van der Waals surface area contributed by atoms with Crippen molar-refractivity contribution in [3.63, 3.8) is 0 Å². The van der Waals surface area contributed by atoms with E-state index in [1.807, 2.05) is 62.5 Å². The molecule has 4 rings (SSSR count). The molecule has 0 saturated heterocycles. The molecule has 2 heterocycles. The third-order valence-corrected chi connectivity index (χ3v) is 5.21. The average Bonchev–Trinajstić information content (AvgIpc) is 2.98. The van der Waals surface area contributed by atoms with E-state index in [2.05, 4.69) is 4.98 Å². The Morgan fingerprint density at radius 1 is 1.04 bits per heavy atom. The molecule has 1 radical (unpaired) electrons. The molecule has 4 nitrogen and oxygen atoms in total. The van der Waals surface area contributed by atoms with Crippen LogP contribution in [0.3, 0.4) is 0 Å². The molecule has 2 aromatic carbocycles. The summed E-state index contributed by atoms with van der Waals surface area (Å²) in [6, 6.07) is 13.9. The van der Waals surface area contributed by atoms with E-state index < -0.39 is 11.2 Å². The Bertz CT molecular complexity index is 1110. The molecular weight excluding hydrogens is 325 g/mol. The molecule has 0 fully saturated rings. The highest BCUT2D eigenvalue weighted by molar-refractivity contribution is 6.52. The summed E-state index contributed by atoms with van der Waals surface area (Å²) in [5, 5.41) is 13.3. The van der Waals surface area contributed by atoms with Crippen molar-refractivity contribution in [2.75, 3.05) is 0 Å². The van der Waals surface area contributed by atoms with E-state index in [-0.39, 0.29) is 0 Å². The van der Waals surface area contributed by atoms with Crippen LogP contribution in [0, 0.1) is 0 Å². The van der Waals surface area contributed by atoms with Crippen LogP contribution in [0.25, 0.3) is 32.8 Å². The van der Waals surface area contributed by atoms with E-state index in [1.54, 1.807) is 21.3 Å². The minimum absolute atomic E-state index is 0.741. The van der Waals surface area contributed by atoms with Crippen LogP contribution in [0.5, 0.6) is 0 Å². The summed E-state index contributed by atoms with van der Waals surface area (Å²) in [5.41, 5.74) is 1.51. The maximum Gasteiger partial charge on any atom is 0.331 e. The zero-order valence-electron chi connectivity index (χ0n) is 15.4. The molecule has 131 valence electrons. The van der Waals surface area contributed by atoms with Crippen LogP contribution in [0.1, 0.15) is 27.7 Å². The zero-order chi connectivity index (χ0) is 18.5. The van der Waals surface area contributed by atoms with E-state index in [4.69, 9.17) is 9.07 Å². The summed E-state index contributed by atoms with van der Waals surface area (Å²) >= 11 is 0. The predicted molar refractivity (Wildman–Crippen MR) is 106 cm³/mol. The second-order valence-corrected chi connectivity index (χ2v) is 7.65. The fourth-order valence-electron chi connectivity index (χ4n) is 2.87. The molecule has 0 aliphatic carbocycles. The molecule has 0 atom stereocenters. The van der Waals surface area contributed by atoms with E-state index in [0.717, 1.165) is 38.3 Å². The topological polar surface area (TPSA) is 55.5 Å². The Morgan fingerprint density at radius 3 is 2.58 bits per heavy atom. The van der Waals surface area contributed by atoms with E-state index in [0.29, 0.717) is 0 Å². The van der Waals surface area contributed by atoms with Gasteiger partial charge in [-0.15, -0.1) is 0 Å². The fraction of sp³-hybridized carbons (Fsp3) is 0.286. The minimum atomic E-state index is -0.982. The number of rotatable bonds is 4. The van der Waals surface area contributed by atoms with Gasteiger partial charge in [-0.3, -0.25) is 4.98 Å². The zero-order valence-corrected chi connectivity index (χ0v) is 15.4. The molecule has 0 bridgehead atoms. The lowest BCUT2D eigenvalue weighted by molar-refractivity contribution is -0.0893. The Kier molecular flexibility index (Phi) is 3.83. The molecule has 0 aliphatic heterocycles. The van der Waals surface area contributed by atoms with Gasteiger partial charge in [0.1, 0.15) is 11.1 Å². The van der Waals surface area contributed by atoms with Crippen LogP contribution >= 0.6 is 0 Å². The van der Waals surface area contributed by atoms with Gasteiger partial charge < -0.3 is 14.2 Å². The van der Waals surface area contributed by atoms with Crippen LogP contribution < -0.4 is 5.46 Å². The molecule has 1 N–H and O–H groups in total. The molecule has 2 aromatic heterocycles. The number of aliphatic hydroxyl groups is 1. The Balaban J connectivity index is 1.85. The van der Waals surface area contributed by atoms with Crippen molar-refractivity contribution in [1.82, 2.24) is 4.98 Å². The van der Waals surface area contributed by atoms with Crippen LogP contribution in [0.4, 0.5) is 0 Å². The number of hydrogen-bond acceptors (Lipinski definition) is 4. The Hall–Kier alpha value is -2.37. The monoisotopic (exact) mass is 346 g/mol. The first-order chi connectivity index (χ1) is 12.3. The summed E-state index contributed by atoms with van der Waals surface area (Å²) in [5.74, 6) is 0. The number of fused-ring (bicyclic) bond motifs is 5. The minimum Gasteiger partial charge on any atom is -0.454 e. The van der Waals surface area contributed by atoms with Gasteiger partial charge in [0.2, 0.25) is 0 Å². The number of nitrogens with zero attached hydrogens (tertiary/aromatic N) is 1. The Morgan fingerprint density at radius 2 is 1.81 bits per heavy atom. The van der Waals surface area contributed by atoms with Gasteiger partial charge in [-0.05, 0) is 39.2 Å². The van der Waals surface area contributed by atoms with E-state index in [9.17, 15) is 5.11 Å². The van der Waals surface area contributed by atoms with Crippen molar-refractivity contribution in [3.8, 4) is 0 Å². The smallest absolute Gasteiger partial charge is 0.331 e. The van der Waals surface area contributed by atoms with Gasteiger partial charge in [-0.25, -0.2) is 0 Å². The second-order valence-electron chi connectivity index (χ2n) is 7.65. The first kappa shape index (κ1) is 17.1. The summed E-state index contributed by atoms with van der Waals surface area (Å²) in [4.78, 5) is 4.63. The fourth-order valence-corrected chi connectivity index (χ4v) is 2.87. The lowest BCUT2D eigenvalue weighted by atomic mass is 9.81. The molecule has 0 saturated carbocycles. The number of furan rings is 1. The van der Waals surface area contributed by atoms with Crippen molar-refractivity contribution < 1.29 is 14.2 Å². The van der Waals surface area contributed by atoms with Gasteiger partial charge in [0.05, 0.1) is 11.2 Å². The summed E-state index contributed by atoms with van der Waals surface area (Å²) in [7, 11) is 1.69. The van der Waals surface area contributed by atoms with Crippen molar-refractivity contribution >= 4 is 45.8 Å². The van der Waals surface area contributed by atoms with Crippen LogP contribution in [0.15, 0.2) is 53.1 Å². The van der Waals surface area contributed by atoms with Gasteiger partial charge in [0.15, 0.2) is 5.58 Å². The van der Waals surface area contributed by atoms with Crippen molar-refractivity contribution in [3.05, 3.63) is 48.7 Å². The first-order valence-electron chi connectivity index (χ1n) is 8.70. The SMILES string of the molecule is CC(C)(O)C(C)(C)O[B]c1cccc2oc3c4ccccc4cnc3c12. The molecule has 26 heavy (non-hydrogen) atoms. The maximum absolute atomic E-state index is 10.3. The molecule has 0 spiro atoms. The highest BCUT2D eigenvalue weighted by Gasteiger charge is 2.36. The largest absolute Gasteiger partial charge is 0.454 e. The maximum atomic E-state index is 10.3. The third kappa shape index (κ3) is 2.68. The lowest BCUT2D eigenvalue weighted by Crippen LogP contribution is -2.49. The molecular formula is C21H21BNO3. The quantitative estimate of drug-likeness (QED) is 0.569. The summed E-state index contributed by atoms with van der Waals surface area (Å²) < 4.78 is 12.1. The standard InChI is InChI=1S/C21H21BNO3/c1-20(2,24)21(3,4)26-22-15-10-7-11-16-17(15)18-19(25-16)14-9-6-5-8-13(14)12-23-18/h5-12,24H,1-4H3. The van der Waals surface area contributed by atoms with Gasteiger partial charge in [-0.1, -0.05) is 36.4 Å². The average molecular weight is 346 g/mol. The van der Waals surface area contributed by atoms with Crippen LogP contribution in [-0.2, 0) is 4.65 Å². The van der Waals surface area contributed by atoms with Crippen LogP contribution in [0.2, 0.25) is 0 Å². The normalized spacial score (nSPS) is 13.0. The molecule has 0 amide bonds. The van der Waals surface area contributed by atoms with E-state index >= 15 is 0 Å². The lowest BCUT2D eigenvalue weighted by Gasteiger charge is -2.37. The summed E-state index contributed by atoms with van der Waals surface area (Å²) in [6.45, 7) is 7.20. The molecule has 5 heteroatoms. The Labute approximate surface area is 153 Å². The van der Waals surface area contributed by atoms with Gasteiger partial charge in [0, 0.05) is 22.4 Å². The predicted octanol–water partition coefficient (Wildman–Crippen LogP) is 3.94. The highest BCUT2D eigenvalue weighted by atomic mass is 16.5.